The van der Waals surface area contributed by atoms with E-state index in [4.69, 9.17) is 39.5 Å². The Hall–Kier alpha value is -0.380. The molecule has 1 aromatic heterocycles. The Morgan fingerprint density at radius 1 is 1.54 bits per heavy atom. The largest absolute Gasteiger partial charge is 0.406 e. The van der Waals surface area contributed by atoms with Crippen molar-refractivity contribution >= 4 is 40.8 Å². The van der Waals surface area contributed by atoms with Crippen LogP contribution in [0.1, 0.15) is 0 Å². The van der Waals surface area contributed by atoms with Crippen LogP contribution in [-0.4, -0.2) is 14.3 Å². The predicted octanol–water partition coefficient (Wildman–Crippen LogP) is 2.30. The van der Waals surface area contributed by atoms with Crippen LogP contribution < -0.4 is 4.74 Å². The van der Waals surface area contributed by atoms with Crippen molar-refractivity contribution in [3.63, 3.8) is 0 Å². The van der Waals surface area contributed by atoms with E-state index in [1.165, 1.54) is 0 Å². The molecule has 0 radical (unpaired) electrons. The fraction of sp³-hybridized carbons (Fsp3) is 0.286. The highest BCUT2D eigenvalue weighted by molar-refractivity contribution is 6.75. The minimum absolute atomic E-state index is 0.330. The van der Waals surface area contributed by atoms with Crippen molar-refractivity contribution in [2.75, 3.05) is 0 Å². The number of hydrogen-bond donors (Lipinski definition) is 0. The topological polar surface area (TPSA) is 31.2 Å². The van der Waals surface area contributed by atoms with E-state index in [-0.39, 0.29) is 0 Å². The summed E-state index contributed by atoms with van der Waals surface area (Å²) in [5, 5.41) is 0. The molecule has 0 atom stereocenters. The van der Waals surface area contributed by atoms with Gasteiger partial charge in [-0.1, -0.05) is 34.8 Å². The summed E-state index contributed by atoms with van der Waals surface area (Å²) < 4.78 is 4.33. The standard InChI is InChI=1S/C7H6Cl3NO2/c1-11-4-2-3-5(11)13-6(12)7(8,9)10/h2-4H,1H3. The van der Waals surface area contributed by atoms with Crippen molar-refractivity contribution in [2.24, 2.45) is 7.05 Å². The van der Waals surface area contributed by atoms with E-state index in [0.717, 1.165) is 0 Å². The second-order valence-electron chi connectivity index (χ2n) is 2.34. The van der Waals surface area contributed by atoms with E-state index < -0.39 is 9.76 Å². The molecule has 13 heavy (non-hydrogen) atoms. The molecule has 0 spiro atoms. The molecule has 0 unspecified atom stereocenters. The first-order chi connectivity index (χ1) is 5.91. The molecule has 3 nitrogen and oxygen atoms in total. The molecular weight excluding hydrogens is 236 g/mol. The van der Waals surface area contributed by atoms with Gasteiger partial charge in [0.25, 0.3) is 3.79 Å². The van der Waals surface area contributed by atoms with Gasteiger partial charge in [-0.3, -0.25) is 0 Å². The van der Waals surface area contributed by atoms with Crippen LogP contribution in [0.3, 0.4) is 0 Å². The monoisotopic (exact) mass is 241 g/mol. The fourth-order valence-electron chi connectivity index (χ4n) is 0.704. The van der Waals surface area contributed by atoms with E-state index in [2.05, 4.69) is 0 Å². The normalized spacial score (nSPS) is 11.4. The van der Waals surface area contributed by atoms with Crippen LogP contribution >= 0.6 is 34.8 Å². The number of rotatable bonds is 1. The van der Waals surface area contributed by atoms with Crippen LogP contribution in [0.5, 0.6) is 5.88 Å². The smallest absolute Gasteiger partial charge is 0.365 e. The average Bonchev–Trinajstić information content (AvgIpc) is 2.34. The Morgan fingerprint density at radius 2 is 2.15 bits per heavy atom. The Morgan fingerprint density at radius 3 is 2.54 bits per heavy atom. The second-order valence-corrected chi connectivity index (χ2v) is 4.63. The minimum atomic E-state index is -2.04. The Bertz CT molecular complexity index is 316. The van der Waals surface area contributed by atoms with Crippen molar-refractivity contribution in [1.29, 1.82) is 0 Å². The summed E-state index contributed by atoms with van der Waals surface area (Å²) in [6, 6.07) is 3.30. The Balaban J connectivity index is 2.71. The maximum absolute atomic E-state index is 11.1. The van der Waals surface area contributed by atoms with Gasteiger partial charge in [-0.05, 0) is 6.07 Å². The van der Waals surface area contributed by atoms with Gasteiger partial charge in [-0.15, -0.1) is 0 Å². The third kappa shape index (κ3) is 2.79. The van der Waals surface area contributed by atoms with Gasteiger partial charge in [0.2, 0.25) is 5.88 Å². The third-order valence-electron chi connectivity index (χ3n) is 1.32. The van der Waals surface area contributed by atoms with Gasteiger partial charge in [0, 0.05) is 19.3 Å². The van der Waals surface area contributed by atoms with E-state index in [1.54, 1.807) is 29.9 Å². The number of carbonyl (C=O) groups excluding carboxylic acids is 1. The van der Waals surface area contributed by atoms with Gasteiger partial charge in [0.1, 0.15) is 0 Å². The summed E-state index contributed by atoms with van der Waals surface area (Å²) in [5.74, 6) is -0.587. The molecular formula is C7H6Cl3NO2. The molecule has 0 saturated heterocycles. The molecule has 0 N–H and O–H groups in total. The third-order valence-corrected chi connectivity index (χ3v) is 1.79. The van der Waals surface area contributed by atoms with E-state index in [0.29, 0.717) is 5.88 Å². The number of carbonyl (C=O) groups is 1. The van der Waals surface area contributed by atoms with Crippen LogP contribution in [0.4, 0.5) is 0 Å². The molecule has 0 fully saturated rings. The quantitative estimate of drug-likeness (QED) is 0.559. The summed E-state index contributed by atoms with van der Waals surface area (Å²) in [5.41, 5.74) is 0. The van der Waals surface area contributed by atoms with Crippen LogP contribution in [0.2, 0.25) is 0 Å². The molecule has 72 valence electrons. The van der Waals surface area contributed by atoms with Crippen molar-refractivity contribution in [2.45, 2.75) is 3.79 Å². The zero-order chi connectivity index (χ0) is 10.1. The molecule has 0 aromatic carbocycles. The van der Waals surface area contributed by atoms with Crippen LogP contribution in [0.25, 0.3) is 0 Å². The lowest BCUT2D eigenvalue weighted by Crippen LogP contribution is -2.25. The van der Waals surface area contributed by atoms with E-state index in [9.17, 15) is 4.79 Å². The first kappa shape index (κ1) is 10.7. The molecule has 1 rings (SSSR count). The summed E-state index contributed by atoms with van der Waals surface area (Å²) in [6.45, 7) is 0. The lowest BCUT2D eigenvalue weighted by atomic mass is 10.6. The summed E-state index contributed by atoms with van der Waals surface area (Å²) in [4.78, 5) is 11.1. The minimum Gasteiger partial charge on any atom is -0.406 e. The highest BCUT2D eigenvalue weighted by Gasteiger charge is 2.33. The highest BCUT2D eigenvalue weighted by atomic mass is 35.6. The number of ether oxygens (including phenoxy) is 1. The molecule has 0 bridgehead atoms. The van der Waals surface area contributed by atoms with Crippen molar-refractivity contribution < 1.29 is 9.53 Å². The summed E-state index contributed by atoms with van der Waals surface area (Å²) in [7, 11) is 1.71. The average molecular weight is 242 g/mol. The molecule has 1 aromatic rings. The van der Waals surface area contributed by atoms with Gasteiger partial charge >= 0.3 is 5.97 Å². The predicted molar refractivity (Wildman–Crippen MR) is 51.3 cm³/mol. The lowest BCUT2D eigenvalue weighted by Gasteiger charge is -2.10. The van der Waals surface area contributed by atoms with E-state index in [1.807, 2.05) is 0 Å². The highest BCUT2D eigenvalue weighted by Crippen LogP contribution is 2.28. The zero-order valence-corrected chi connectivity index (χ0v) is 8.90. The van der Waals surface area contributed by atoms with Gasteiger partial charge in [-0.25, -0.2) is 4.79 Å². The SMILES string of the molecule is Cn1cccc1OC(=O)C(Cl)(Cl)Cl. The van der Waals surface area contributed by atoms with Crippen LogP contribution in [-0.2, 0) is 11.8 Å². The lowest BCUT2D eigenvalue weighted by molar-refractivity contribution is -0.133. The summed E-state index contributed by atoms with van der Waals surface area (Å²) in [6.07, 6.45) is 1.71. The Labute approximate surface area is 90.1 Å². The van der Waals surface area contributed by atoms with Crippen LogP contribution in [0, 0.1) is 0 Å². The molecule has 0 amide bonds. The number of halogens is 3. The molecule has 0 aliphatic carbocycles. The van der Waals surface area contributed by atoms with Gasteiger partial charge < -0.3 is 9.30 Å². The number of hydrogen-bond acceptors (Lipinski definition) is 2. The second kappa shape index (κ2) is 3.78. The van der Waals surface area contributed by atoms with Crippen molar-refractivity contribution in [1.82, 2.24) is 4.57 Å². The number of aryl methyl sites for hydroxylation is 1. The number of esters is 1. The first-order valence-electron chi connectivity index (χ1n) is 3.31. The van der Waals surface area contributed by atoms with Crippen molar-refractivity contribution in [3.8, 4) is 5.88 Å². The Kier molecular flexibility index (Phi) is 3.11. The first-order valence-corrected chi connectivity index (χ1v) is 4.45. The summed E-state index contributed by atoms with van der Waals surface area (Å²) >= 11 is 15.9. The van der Waals surface area contributed by atoms with Crippen LogP contribution in [0.15, 0.2) is 18.3 Å². The molecule has 0 saturated carbocycles. The number of aromatic nitrogens is 1. The molecule has 0 aliphatic rings. The van der Waals surface area contributed by atoms with Gasteiger partial charge in [-0.2, -0.15) is 0 Å². The zero-order valence-electron chi connectivity index (χ0n) is 6.63. The van der Waals surface area contributed by atoms with Gasteiger partial charge in [0.15, 0.2) is 0 Å². The maximum atomic E-state index is 11.1. The van der Waals surface area contributed by atoms with Crippen molar-refractivity contribution in [3.05, 3.63) is 18.3 Å². The fourth-order valence-corrected chi connectivity index (χ4v) is 0.820. The van der Waals surface area contributed by atoms with Gasteiger partial charge in [0.05, 0.1) is 0 Å². The van der Waals surface area contributed by atoms with E-state index >= 15 is 0 Å². The molecule has 1 heterocycles. The maximum Gasteiger partial charge on any atom is 0.365 e. The molecule has 6 heteroatoms. The molecule has 0 aliphatic heterocycles. The number of nitrogens with zero attached hydrogens (tertiary/aromatic N) is 1. The number of alkyl halides is 3.